The van der Waals surface area contributed by atoms with E-state index in [1.165, 1.54) is 161 Å². The number of rotatable bonds is 42. The lowest BCUT2D eigenvalue weighted by Crippen LogP contribution is -2.37. The summed E-state index contributed by atoms with van der Waals surface area (Å²) in [5, 5.41) is 0. The zero-order valence-electron chi connectivity index (χ0n) is 33.7. The molecule has 0 aromatic rings. The summed E-state index contributed by atoms with van der Waals surface area (Å²) in [7, 11) is -1.76. The molecular formula is C39H85N2O8P2+. The van der Waals surface area contributed by atoms with Gasteiger partial charge in [-0.25, -0.2) is 9.13 Å². The van der Waals surface area contributed by atoms with Crippen LogP contribution in [0.15, 0.2) is 0 Å². The minimum absolute atomic E-state index is 0.0397. The second kappa shape index (κ2) is 35.8. The summed E-state index contributed by atoms with van der Waals surface area (Å²) in [6.45, 7) is 1.69. The SMILES string of the molecule is C[N+](C)(C)CCOP(=O)(O)OCCCCCCCCCCCCCCCCCCCCCCCCCCCCCCCCOP(=O)(O)OCCN. The highest BCUT2D eigenvalue weighted by atomic mass is 31.2. The van der Waals surface area contributed by atoms with Gasteiger partial charge in [0, 0.05) is 6.54 Å². The van der Waals surface area contributed by atoms with Crippen LogP contribution in [0.4, 0.5) is 0 Å². The average molecular weight is 772 g/mol. The van der Waals surface area contributed by atoms with Crippen molar-refractivity contribution in [2.45, 2.75) is 193 Å². The Hall–Kier alpha value is 0.140. The quantitative estimate of drug-likeness (QED) is 0.0314. The molecule has 0 aromatic carbocycles. The number of likely N-dealkylation sites (N-methyl/N-ethyl adjacent to an activating group) is 1. The molecule has 0 aliphatic heterocycles. The Kier molecular flexibility index (Phi) is 35.9. The Bertz CT molecular complexity index is 832. The van der Waals surface area contributed by atoms with E-state index in [0.717, 1.165) is 32.1 Å². The van der Waals surface area contributed by atoms with Crippen molar-refractivity contribution in [2.75, 3.05) is 60.7 Å². The Morgan fingerprint density at radius 2 is 0.569 bits per heavy atom. The predicted octanol–water partition coefficient (Wildman–Crippen LogP) is 11.6. The Morgan fingerprint density at radius 3 is 0.784 bits per heavy atom. The summed E-state index contributed by atoms with van der Waals surface area (Å²) in [6.07, 6.45) is 38.9. The Morgan fingerprint density at radius 1 is 0.373 bits per heavy atom. The molecule has 4 N–H and O–H groups in total. The summed E-state index contributed by atoms with van der Waals surface area (Å²) in [4.78, 5) is 19.2. The fourth-order valence-corrected chi connectivity index (χ4v) is 7.70. The molecule has 0 saturated carbocycles. The number of nitrogens with two attached hydrogens (primary N) is 1. The van der Waals surface area contributed by atoms with Gasteiger partial charge in [-0.3, -0.25) is 18.1 Å². The van der Waals surface area contributed by atoms with Crippen molar-refractivity contribution < 1.29 is 41.5 Å². The number of phosphoric acid groups is 2. The Labute approximate surface area is 315 Å². The zero-order valence-corrected chi connectivity index (χ0v) is 35.5. The van der Waals surface area contributed by atoms with Crippen LogP contribution < -0.4 is 5.73 Å². The van der Waals surface area contributed by atoms with Crippen LogP contribution in [0.5, 0.6) is 0 Å². The highest BCUT2D eigenvalue weighted by molar-refractivity contribution is 7.47. The van der Waals surface area contributed by atoms with Crippen molar-refractivity contribution in [1.29, 1.82) is 0 Å². The van der Waals surface area contributed by atoms with Gasteiger partial charge in [0.25, 0.3) is 0 Å². The van der Waals surface area contributed by atoms with Crippen LogP contribution in [0.3, 0.4) is 0 Å². The molecule has 12 heteroatoms. The molecule has 0 saturated heterocycles. The van der Waals surface area contributed by atoms with Crippen LogP contribution in [0.2, 0.25) is 0 Å². The predicted molar refractivity (Wildman–Crippen MR) is 214 cm³/mol. The van der Waals surface area contributed by atoms with E-state index in [2.05, 4.69) is 0 Å². The van der Waals surface area contributed by atoms with Gasteiger partial charge < -0.3 is 20.0 Å². The van der Waals surface area contributed by atoms with Gasteiger partial charge in [-0.1, -0.05) is 180 Å². The summed E-state index contributed by atoms with van der Waals surface area (Å²) in [5.74, 6) is 0. The monoisotopic (exact) mass is 772 g/mol. The van der Waals surface area contributed by atoms with E-state index in [4.69, 9.17) is 23.8 Å². The molecule has 51 heavy (non-hydrogen) atoms. The van der Waals surface area contributed by atoms with Crippen molar-refractivity contribution in [1.82, 2.24) is 0 Å². The Balaban J connectivity index is 3.20. The van der Waals surface area contributed by atoms with Crippen molar-refractivity contribution in [2.24, 2.45) is 5.73 Å². The van der Waals surface area contributed by atoms with Crippen LogP contribution >= 0.6 is 15.6 Å². The van der Waals surface area contributed by atoms with Crippen molar-refractivity contribution >= 4 is 15.6 Å². The van der Waals surface area contributed by atoms with Gasteiger partial charge in [0.05, 0.1) is 41.0 Å². The minimum Gasteiger partial charge on any atom is -0.329 e. The first-order valence-corrected chi connectivity index (χ1v) is 24.2. The first-order chi connectivity index (χ1) is 24.5. The number of nitrogens with zero attached hydrogens (tertiary/aromatic N) is 1. The van der Waals surface area contributed by atoms with E-state index in [-0.39, 0.29) is 26.4 Å². The molecule has 0 bridgehead atoms. The third-order valence-electron chi connectivity index (χ3n) is 9.44. The molecule has 0 heterocycles. The maximum atomic E-state index is 11.9. The molecule has 2 atom stereocenters. The normalized spacial score (nSPS) is 14.5. The van der Waals surface area contributed by atoms with Crippen molar-refractivity contribution in [3.8, 4) is 0 Å². The van der Waals surface area contributed by atoms with Gasteiger partial charge in [-0.15, -0.1) is 0 Å². The van der Waals surface area contributed by atoms with Crippen LogP contribution in [-0.4, -0.2) is 74.9 Å². The van der Waals surface area contributed by atoms with E-state index >= 15 is 0 Å². The smallest absolute Gasteiger partial charge is 0.329 e. The fraction of sp³-hybridized carbons (Fsp3) is 1.00. The number of unbranched alkanes of at least 4 members (excludes halogenated alkanes) is 29. The maximum absolute atomic E-state index is 11.9. The lowest BCUT2D eigenvalue weighted by atomic mass is 10.0. The first kappa shape index (κ1) is 51.1. The van der Waals surface area contributed by atoms with E-state index in [1.54, 1.807) is 0 Å². The minimum atomic E-state index is -3.91. The lowest BCUT2D eigenvalue weighted by molar-refractivity contribution is -0.870. The van der Waals surface area contributed by atoms with Gasteiger partial charge >= 0.3 is 15.6 Å². The number of phosphoric ester groups is 2. The molecule has 0 aliphatic carbocycles. The average Bonchev–Trinajstić information content (AvgIpc) is 3.06. The largest absolute Gasteiger partial charge is 0.472 e. The second-order valence-corrected chi connectivity index (χ2v) is 18.6. The molecule has 2 unspecified atom stereocenters. The molecule has 0 rings (SSSR count). The molecule has 0 radical (unpaired) electrons. The summed E-state index contributed by atoms with van der Waals surface area (Å²) < 4.78 is 43.9. The van der Waals surface area contributed by atoms with E-state index < -0.39 is 15.6 Å². The summed E-state index contributed by atoms with van der Waals surface area (Å²) >= 11 is 0. The van der Waals surface area contributed by atoms with Gasteiger partial charge in [-0.2, -0.15) is 0 Å². The summed E-state index contributed by atoms with van der Waals surface area (Å²) in [6, 6.07) is 0. The van der Waals surface area contributed by atoms with Crippen LogP contribution in [0, 0.1) is 0 Å². The number of quaternary nitrogens is 1. The highest BCUT2D eigenvalue weighted by Crippen LogP contribution is 2.43. The molecule has 10 nitrogen and oxygen atoms in total. The standard InChI is InChI=1S/C39H84N2O8P2/c1-41(2,3)35-39-49-51(44,45)47-37-33-31-29-27-25-23-21-19-17-15-13-11-9-7-5-4-6-8-10-12-14-16-18-20-22-24-26-28-30-32-36-46-50(42,43)48-38-34-40/h4-40H2,1-3H3,(H-,42,43,44,45)/p+1. The third-order valence-corrected chi connectivity index (χ3v) is 11.5. The van der Waals surface area contributed by atoms with E-state index in [0.29, 0.717) is 17.6 Å². The maximum Gasteiger partial charge on any atom is 0.472 e. The summed E-state index contributed by atoms with van der Waals surface area (Å²) in [5.41, 5.74) is 5.26. The van der Waals surface area contributed by atoms with Gasteiger partial charge in [0.15, 0.2) is 0 Å². The van der Waals surface area contributed by atoms with Gasteiger partial charge in [0.1, 0.15) is 13.2 Å². The molecule has 0 amide bonds. The molecule has 0 spiro atoms. The zero-order chi connectivity index (χ0) is 37.8. The molecule has 0 aromatic heterocycles. The van der Waals surface area contributed by atoms with Crippen LogP contribution in [0.25, 0.3) is 0 Å². The number of hydrogen-bond donors (Lipinski definition) is 3. The van der Waals surface area contributed by atoms with Crippen molar-refractivity contribution in [3.05, 3.63) is 0 Å². The van der Waals surface area contributed by atoms with Gasteiger partial charge in [-0.05, 0) is 12.8 Å². The van der Waals surface area contributed by atoms with Crippen LogP contribution in [0.1, 0.15) is 193 Å². The molecule has 0 aliphatic rings. The van der Waals surface area contributed by atoms with E-state index in [1.807, 2.05) is 21.1 Å². The highest BCUT2D eigenvalue weighted by Gasteiger charge is 2.22. The van der Waals surface area contributed by atoms with Crippen LogP contribution in [-0.2, 0) is 27.2 Å². The van der Waals surface area contributed by atoms with Gasteiger partial charge in [0.2, 0.25) is 0 Å². The topological polar surface area (TPSA) is 138 Å². The molecule has 308 valence electrons. The fourth-order valence-electron chi connectivity index (χ4n) is 6.19. The third kappa shape index (κ3) is 42.7. The van der Waals surface area contributed by atoms with Crippen molar-refractivity contribution in [3.63, 3.8) is 0 Å². The molecule has 0 fully saturated rings. The first-order valence-electron chi connectivity index (χ1n) is 21.2. The second-order valence-electron chi connectivity index (χ2n) is 15.7. The lowest BCUT2D eigenvalue weighted by Gasteiger charge is -2.24. The number of hydrogen-bond acceptors (Lipinski definition) is 7. The molecular weight excluding hydrogens is 686 g/mol. The van der Waals surface area contributed by atoms with E-state index in [9.17, 15) is 18.9 Å².